The Morgan fingerprint density at radius 3 is 2.69 bits per heavy atom. The molecule has 7 N–H and O–H groups in total. The number of aromatic nitrogens is 1. The molecule has 1 fully saturated rings. The molecule has 10 nitrogen and oxygen atoms in total. The van der Waals surface area contributed by atoms with Gasteiger partial charge in [0.1, 0.15) is 23.0 Å². The zero-order chi connectivity index (χ0) is 22.5. The molecule has 0 saturated carbocycles. The number of amides is 2. The Labute approximate surface area is 182 Å². The molecule has 5 rings (SSSR count). The van der Waals surface area contributed by atoms with Crippen LogP contribution in [0.5, 0.6) is 11.5 Å². The maximum Gasteiger partial charge on any atom is 0.270 e. The number of H-pyrrole nitrogens is 1. The maximum absolute atomic E-state index is 13.0. The number of benzene rings is 2. The lowest BCUT2D eigenvalue weighted by Gasteiger charge is -2.44. The average Bonchev–Trinajstić information content (AvgIpc) is 3.21. The van der Waals surface area contributed by atoms with Crippen LogP contribution in [-0.4, -0.2) is 51.5 Å². The van der Waals surface area contributed by atoms with Gasteiger partial charge >= 0.3 is 0 Å². The monoisotopic (exact) mass is 434 g/mol. The SMILES string of the molecule is NN=C(N)c1ccc2c(c1)C(=O)NC1(CCN(C(=O)c3cc4cc(O)ccc4[nH]3)CC1)O2. The predicted octanol–water partition coefficient (Wildman–Crippen LogP) is 1.21. The van der Waals surface area contributed by atoms with E-state index in [1.165, 1.54) is 0 Å². The molecule has 1 aromatic heterocycles. The van der Waals surface area contributed by atoms with Crippen molar-refractivity contribution in [1.82, 2.24) is 15.2 Å². The van der Waals surface area contributed by atoms with Crippen LogP contribution in [0.4, 0.5) is 0 Å². The van der Waals surface area contributed by atoms with E-state index in [9.17, 15) is 14.7 Å². The highest BCUT2D eigenvalue weighted by Crippen LogP contribution is 2.34. The van der Waals surface area contributed by atoms with Gasteiger partial charge in [-0.05, 0) is 42.5 Å². The number of amidine groups is 1. The van der Waals surface area contributed by atoms with Gasteiger partial charge in [-0.3, -0.25) is 9.59 Å². The molecule has 0 radical (unpaired) electrons. The molecule has 0 aliphatic carbocycles. The molecule has 1 spiro atoms. The molecule has 2 aromatic carbocycles. The number of rotatable bonds is 2. The second-order valence-corrected chi connectivity index (χ2v) is 8.02. The first kappa shape index (κ1) is 19.7. The van der Waals surface area contributed by atoms with E-state index in [4.69, 9.17) is 16.3 Å². The van der Waals surface area contributed by atoms with Gasteiger partial charge in [-0.25, -0.2) is 0 Å². The molecular weight excluding hydrogens is 412 g/mol. The van der Waals surface area contributed by atoms with Gasteiger partial charge in [-0.1, -0.05) is 0 Å². The summed E-state index contributed by atoms with van der Waals surface area (Å²) in [4.78, 5) is 30.6. The zero-order valence-corrected chi connectivity index (χ0v) is 17.1. The van der Waals surface area contributed by atoms with Crippen molar-refractivity contribution in [3.8, 4) is 11.5 Å². The number of likely N-dealkylation sites (tertiary alicyclic amines) is 1. The summed E-state index contributed by atoms with van der Waals surface area (Å²) in [6.45, 7) is 0.833. The Kier molecular flexibility index (Phi) is 4.43. The number of fused-ring (bicyclic) bond motifs is 2. The number of piperidine rings is 1. The Morgan fingerprint density at radius 1 is 1.16 bits per heavy atom. The van der Waals surface area contributed by atoms with Gasteiger partial charge in [0.25, 0.3) is 11.8 Å². The van der Waals surface area contributed by atoms with Crippen molar-refractivity contribution >= 4 is 28.6 Å². The number of aromatic amines is 1. The van der Waals surface area contributed by atoms with Crippen LogP contribution in [0.25, 0.3) is 10.9 Å². The number of nitrogens with one attached hydrogen (secondary N) is 2. The summed E-state index contributed by atoms with van der Waals surface area (Å²) >= 11 is 0. The van der Waals surface area contributed by atoms with Gasteiger partial charge in [0.05, 0.1) is 5.56 Å². The smallest absolute Gasteiger partial charge is 0.270 e. The summed E-state index contributed by atoms with van der Waals surface area (Å²) < 4.78 is 6.18. The van der Waals surface area contributed by atoms with Crippen LogP contribution in [0, 0.1) is 0 Å². The number of hydrogen-bond donors (Lipinski definition) is 5. The van der Waals surface area contributed by atoms with Crippen molar-refractivity contribution in [3.05, 3.63) is 59.3 Å². The molecule has 1 saturated heterocycles. The minimum absolute atomic E-state index is 0.125. The summed E-state index contributed by atoms with van der Waals surface area (Å²) in [5.74, 6) is 5.54. The van der Waals surface area contributed by atoms with Gasteiger partial charge in [0.2, 0.25) is 0 Å². The fourth-order valence-corrected chi connectivity index (χ4v) is 4.24. The average molecular weight is 434 g/mol. The second-order valence-electron chi connectivity index (χ2n) is 8.02. The number of carbonyl (C=O) groups excluding carboxylic acids is 2. The van der Waals surface area contributed by atoms with Gasteiger partial charge in [-0.2, -0.15) is 5.10 Å². The summed E-state index contributed by atoms with van der Waals surface area (Å²) in [6, 6.07) is 11.6. The minimum atomic E-state index is -0.873. The van der Waals surface area contributed by atoms with Gasteiger partial charge in [0, 0.05) is 42.4 Å². The first-order chi connectivity index (χ1) is 15.4. The molecular formula is C22H22N6O4. The van der Waals surface area contributed by atoms with Crippen molar-refractivity contribution in [2.45, 2.75) is 18.6 Å². The Hall–Kier alpha value is -4.21. The van der Waals surface area contributed by atoms with Crippen LogP contribution in [-0.2, 0) is 0 Å². The number of phenolic OH excluding ortho intramolecular Hbond substituents is 1. The van der Waals surface area contributed by atoms with Crippen molar-refractivity contribution in [2.75, 3.05) is 13.1 Å². The number of nitrogens with zero attached hydrogens (tertiary/aromatic N) is 2. The number of phenols is 1. The highest BCUT2D eigenvalue weighted by atomic mass is 16.5. The van der Waals surface area contributed by atoms with E-state index in [2.05, 4.69) is 15.4 Å². The second kappa shape index (κ2) is 7.19. The number of nitrogens with two attached hydrogens (primary N) is 2. The van der Waals surface area contributed by atoms with Crippen LogP contribution < -0.4 is 21.6 Å². The zero-order valence-electron chi connectivity index (χ0n) is 17.1. The summed E-state index contributed by atoms with van der Waals surface area (Å²) in [7, 11) is 0. The maximum atomic E-state index is 13.0. The quantitative estimate of drug-likeness (QED) is 0.176. The molecule has 32 heavy (non-hydrogen) atoms. The van der Waals surface area contributed by atoms with E-state index in [0.717, 1.165) is 10.9 Å². The van der Waals surface area contributed by atoms with Crippen molar-refractivity contribution < 1.29 is 19.4 Å². The summed E-state index contributed by atoms with van der Waals surface area (Å²) in [5, 5.41) is 16.8. The van der Waals surface area contributed by atoms with Gasteiger partial charge < -0.3 is 36.6 Å². The minimum Gasteiger partial charge on any atom is -0.508 e. The van der Waals surface area contributed by atoms with E-state index in [0.29, 0.717) is 48.5 Å². The largest absolute Gasteiger partial charge is 0.508 e. The first-order valence-electron chi connectivity index (χ1n) is 10.2. The van der Waals surface area contributed by atoms with Gasteiger partial charge in [0.15, 0.2) is 5.72 Å². The lowest BCUT2D eigenvalue weighted by atomic mass is 9.96. The molecule has 10 heteroatoms. The lowest BCUT2D eigenvalue weighted by molar-refractivity contribution is -0.0246. The van der Waals surface area contributed by atoms with E-state index in [1.807, 2.05) is 0 Å². The predicted molar refractivity (Wildman–Crippen MR) is 117 cm³/mol. The molecule has 164 valence electrons. The van der Waals surface area contributed by atoms with Crippen molar-refractivity contribution in [1.29, 1.82) is 0 Å². The third-order valence-corrected chi connectivity index (χ3v) is 6.00. The topological polar surface area (TPSA) is 159 Å². The molecule has 3 heterocycles. The van der Waals surface area contributed by atoms with E-state index in [-0.39, 0.29) is 23.4 Å². The Bertz CT molecular complexity index is 1270. The fourth-order valence-electron chi connectivity index (χ4n) is 4.24. The molecule has 2 aliphatic rings. The lowest BCUT2D eigenvalue weighted by Crippen LogP contribution is -2.61. The van der Waals surface area contributed by atoms with Crippen LogP contribution in [0.1, 0.15) is 39.3 Å². The van der Waals surface area contributed by atoms with Crippen molar-refractivity contribution in [2.24, 2.45) is 16.7 Å². The van der Waals surface area contributed by atoms with Crippen molar-refractivity contribution in [3.63, 3.8) is 0 Å². The van der Waals surface area contributed by atoms with Crippen LogP contribution in [0.3, 0.4) is 0 Å². The molecule has 2 amide bonds. The summed E-state index contributed by atoms with van der Waals surface area (Å²) in [5.41, 5.74) is 6.98. The molecule has 0 atom stereocenters. The normalized spacial score (nSPS) is 17.7. The molecule has 3 aromatic rings. The first-order valence-corrected chi connectivity index (χ1v) is 10.2. The number of hydrazone groups is 1. The third kappa shape index (κ3) is 3.25. The van der Waals surface area contributed by atoms with Crippen LogP contribution in [0.2, 0.25) is 0 Å². The molecule has 0 bridgehead atoms. The van der Waals surface area contributed by atoms with Crippen LogP contribution >= 0.6 is 0 Å². The van der Waals surface area contributed by atoms with Crippen LogP contribution in [0.15, 0.2) is 47.6 Å². The highest BCUT2D eigenvalue weighted by molar-refractivity contribution is 6.03. The Balaban J connectivity index is 1.31. The Morgan fingerprint density at radius 2 is 1.94 bits per heavy atom. The fraction of sp³-hybridized carbons (Fsp3) is 0.227. The highest BCUT2D eigenvalue weighted by Gasteiger charge is 2.43. The number of aromatic hydroxyl groups is 1. The van der Waals surface area contributed by atoms with E-state index < -0.39 is 5.72 Å². The van der Waals surface area contributed by atoms with Gasteiger partial charge in [-0.15, -0.1) is 0 Å². The number of ether oxygens (including phenoxy) is 1. The van der Waals surface area contributed by atoms with E-state index >= 15 is 0 Å². The number of hydrogen-bond acceptors (Lipinski definition) is 6. The standard InChI is InChI=1S/C22H22N6O4/c23-19(27-24)12-1-4-18-15(10-12)20(30)26-22(32-18)5-7-28(8-6-22)21(31)17-11-13-9-14(29)2-3-16(13)25-17/h1-4,9-11,25,29H,5-8,24H2,(H2,23,27)(H,26,30). The van der Waals surface area contributed by atoms with E-state index in [1.54, 1.807) is 47.4 Å². The summed E-state index contributed by atoms with van der Waals surface area (Å²) in [6.07, 6.45) is 0.887. The molecule has 2 aliphatic heterocycles. The third-order valence-electron chi connectivity index (χ3n) is 6.00. The number of carbonyl (C=O) groups is 2. The molecule has 0 unspecified atom stereocenters.